The molecule has 4 aliphatic rings. The summed E-state index contributed by atoms with van der Waals surface area (Å²) in [6, 6.07) is 15.0. The molecule has 0 bridgehead atoms. The molecule has 2 N–H and O–H groups in total. The molecule has 6 rings (SSSR count). The maximum atomic E-state index is 14.5. The Bertz CT molecular complexity index is 1510. The number of carbonyl (C=O) groups is 4. The van der Waals surface area contributed by atoms with Crippen molar-refractivity contribution in [2.24, 2.45) is 11.8 Å². The van der Waals surface area contributed by atoms with Gasteiger partial charge in [0.1, 0.15) is 23.7 Å². The first kappa shape index (κ1) is 31.0. The van der Waals surface area contributed by atoms with Crippen LogP contribution >= 0.6 is 11.6 Å². The number of fused-ring (bicyclic) bond motifs is 2. The SMILES string of the molecule is O=C1CC/C=C\[C@H]2O[C@]34C=CCN(c5ccccc5Cl)C(=O)[C@H]3N(CCCCO)C(=O)[C@@H]4[C@H]2C(=O)O[C@H](c2ccccc2)CN1. The van der Waals surface area contributed by atoms with Crippen molar-refractivity contribution in [1.29, 1.82) is 0 Å². The largest absolute Gasteiger partial charge is 0.455 e. The van der Waals surface area contributed by atoms with Crippen LogP contribution in [0.2, 0.25) is 5.02 Å². The molecule has 0 aromatic heterocycles. The number of nitrogens with one attached hydrogen (secondary N) is 1. The van der Waals surface area contributed by atoms with Crippen LogP contribution in [0.15, 0.2) is 78.9 Å². The summed E-state index contributed by atoms with van der Waals surface area (Å²) in [6.45, 7) is 0.398. The maximum absolute atomic E-state index is 14.5. The van der Waals surface area contributed by atoms with Crippen molar-refractivity contribution in [3.63, 3.8) is 0 Å². The van der Waals surface area contributed by atoms with Crippen molar-refractivity contribution in [3.8, 4) is 0 Å². The normalized spacial score (nSPS) is 30.8. The summed E-state index contributed by atoms with van der Waals surface area (Å²) in [5, 5.41) is 12.7. The van der Waals surface area contributed by atoms with E-state index in [9.17, 15) is 24.3 Å². The number of halogens is 1. The standard InChI is InChI=1S/C34H36ClN3O7/c35-23-13-4-5-14-24(23)37-19-10-17-34-29(31(41)38(18-8-9-20-39)30(34)32(37)42)28-25(45-34)15-6-7-16-27(40)36-21-26(44-33(28)43)22-11-2-1-3-12-22/h1-6,10-15,17,25-26,28-30,39H,7-9,16,18-21H2,(H,36,40)/b15-6-/t25-,26+,28+,29+,30-,34+/m1/s1. The third-order valence-corrected chi connectivity index (χ3v) is 9.31. The van der Waals surface area contributed by atoms with Gasteiger partial charge in [-0.3, -0.25) is 19.2 Å². The molecule has 10 nitrogen and oxygen atoms in total. The number of ether oxygens (including phenoxy) is 2. The molecule has 3 amide bonds. The number of carbonyl (C=O) groups excluding carboxylic acids is 4. The van der Waals surface area contributed by atoms with Crippen molar-refractivity contribution in [2.75, 3.05) is 31.1 Å². The minimum atomic E-state index is -1.46. The van der Waals surface area contributed by atoms with Gasteiger partial charge in [0.15, 0.2) is 0 Å². The fraction of sp³-hybridized carbons (Fsp3) is 0.412. The number of hydrogen-bond donors (Lipinski definition) is 2. The zero-order valence-electron chi connectivity index (χ0n) is 24.7. The monoisotopic (exact) mass is 633 g/mol. The van der Waals surface area contributed by atoms with E-state index in [-0.39, 0.29) is 50.4 Å². The summed E-state index contributed by atoms with van der Waals surface area (Å²) >= 11 is 6.53. The van der Waals surface area contributed by atoms with Gasteiger partial charge in [0.2, 0.25) is 11.8 Å². The van der Waals surface area contributed by atoms with E-state index in [0.29, 0.717) is 35.5 Å². The molecule has 2 aromatic carbocycles. The molecule has 11 heteroatoms. The first-order chi connectivity index (χ1) is 21.9. The summed E-state index contributed by atoms with van der Waals surface area (Å²) in [5.74, 6) is -3.68. The number of anilines is 1. The predicted octanol–water partition coefficient (Wildman–Crippen LogP) is 3.35. The quantitative estimate of drug-likeness (QED) is 0.284. The molecule has 0 aliphatic carbocycles. The highest BCUT2D eigenvalue weighted by Crippen LogP contribution is 2.53. The van der Waals surface area contributed by atoms with Gasteiger partial charge in [-0.15, -0.1) is 0 Å². The van der Waals surface area contributed by atoms with Gasteiger partial charge in [-0.2, -0.15) is 0 Å². The van der Waals surface area contributed by atoms with E-state index in [1.54, 1.807) is 48.6 Å². The number of esters is 1. The van der Waals surface area contributed by atoms with E-state index in [2.05, 4.69) is 5.32 Å². The van der Waals surface area contributed by atoms with Crippen LogP contribution < -0.4 is 10.2 Å². The zero-order chi connectivity index (χ0) is 31.6. The second-order valence-corrected chi connectivity index (χ2v) is 12.1. The average Bonchev–Trinajstić information content (AvgIpc) is 3.42. The van der Waals surface area contributed by atoms with Crippen LogP contribution in [0.3, 0.4) is 0 Å². The second kappa shape index (κ2) is 13.2. The Hall–Kier alpha value is -3.99. The van der Waals surface area contributed by atoms with Crippen molar-refractivity contribution in [1.82, 2.24) is 10.2 Å². The number of likely N-dealkylation sites (tertiary alicyclic amines) is 1. The number of allylic oxidation sites excluding steroid dienone is 1. The molecule has 45 heavy (non-hydrogen) atoms. The van der Waals surface area contributed by atoms with Crippen molar-refractivity contribution >= 4 is 41.0 Å². The summed E-state index contributed by atoms with van der Waals surface area (Å²) in [7, 11) is 0. The second-order valence-electron chi connectivity index (χ2n) is 11.7. The van der Waals surface area contributed by atoms with E-state index in [1.165, 1.54) is 9.80 Å². The Morgan fingerprint density at radius 2 is 1.76 bits per heavy atom. The van der Waals surface area contributed by atoms with Gasteiger partial charge in [0.05, 0.1) is 29.3 Å². The average molecular weight is 634 g/mol. The molecule has 4 aliphatic heterocycles. The molecule has 2 saturated heterocycles. The van der Waals surface area contributed by atoms with E-state index < -0.39 is 41.7 Å². The fourth-order valence-corrected chi connectivity index (χ4v) is 7.17. The van der Waals surface area contributed by atoms with Gasteiger partial charge in [-0.25, -0.2) is 0 Å². The Morgan fingerprint density at radius 3 is 2.53 bits per heavy atom. The molecular weight excluding hydrogens is 598 g/mol. The van der Waals surface area contributed by atoms with Crippen LogP contribution in [0.5, 0.6) is 0 Å². The van der Waals surface area contributed by atoms with E-state index >= 15 is 0 Å². The van der Waals surface area contributed by atoms with Crippen LogP contribution in [0, 0.1) is 11.8 Å². The molecule has 236 valence electrons. The number of cyclic esters (lactones) is 1. The number of nitrogens with zero attached hydrogens (tertiary/aromatic N) is 2. The number of hydrogen-bond acceptors (Lipinski definition) is 7. The molecule has 6 atom stereocenters. The van der Waals surface area contributed by atoms with E-state index in [0.717, 1.165) is 0 Å². The number of para-hydroxylation sites is 1. The summed E-state index contributed by atoms with van der Waals surface area (Å²) in [4.78, 5) is 58.7. The zero-order valence-corrected chi connectivity index (χ0v) is 25.5. The Labute approximate surface area is 266 Å². The molecule has 2 fully saturated rings. The van der Waals surface area contributed by atoms with Gasteiger partial charge >= 0.3 is 5.97 Å². The molecule has 4 heterocycles. The van der Waals surface area contributed by atoms with Crippen molar-refractivity contribution in [2.45, 2.75) is 49.5 Å². The highest BCUT2D eigenvalue weighted by atomic mass is 35.5. The van der Waals surface area contributed by atoms with Crippen LogP contribution in [0.25, 0.3) is 0 Å². The summed E-state index contributed by atoms with van der Waals surface area (Å²) < 4.78 is 12.8. The highest BCUT2D eigenvalue weighted by Gasteiger charge is 2.71. The van der Waals surface area contributed by atoms with Crippen LogP contribution in [0.4, 0.5) is 5.69 Å². The summed E-state index contributed by atoms with van der Waals surface area (Å²) in [5.41, 5.74) is -0.257. The lowest BCUT2D eigenvalue weighted by molar-refractivity contribution is -0.159. The number of unbranched alkanes of at least 4 members (excludes halogenated alkanes) is 1. The van der Waals surface area contributed by atoms with Gasteiger partial charge < -0.3 is 29.7 Å². The maximum Gasteiger partial charge on any atom is 0.313 e. The fourth-order valence-electron chi connectivity index (χ4n) is 6.93. The number of aliphatic hydroxyl groups is 1. The number of amides is 3. The molecule has 0 unspecified atom stereocenters. The minimum Gasteiger partial charge on any atom is -0.455 e. The molecule has 1 spiro atoms. The van der Waals surface area contributed by atoms with Crippen molar-refractivity contribution in [3.05, 3.63) is 89.5 Å². The number of aliphatic hydroxyl groups excluding tert-OH is 1. The lowest BCUT2D eigenvalue weighted by Gasteiger charge is -2.35. The van der Waals surface area contributed by atoms with Crippen LogP contribution in [0.1, 0.15) is 37.4 Å². The van der Waals surface area contributed by atoms with Crippen LogP contribution in [-0.4, -0.2) is 77.7 Å². The number of benzene rings is 2. The lowest BCUT2D eigenvalue weighted by Crippen LogP contribution is -2.55. The number of rotatable bonds is 6. The third kappa shape index (κ3) is 5.78. The predicted molar refractivity (Wildman–Crippen MR) is 166 cm³/mol. The van der Waals surface area contributed by atoms with Crippen LogP contribution in [-0.2, 0) is 28.7 Å². The van der Waals surface area contributed by atoms with Gasteiger partial charge in [-0.05, 0) is 37.0 Å². The summed E-state index contributed by atoms with van der Waals surface area (Å²) in [6.07, 6.45) is 6.88. The molecular formula is C34H36ClN3O7. The van der Waals surface area contributed by atoms with E-state index in [4.69, 9.17) is 21.1 Å². The molecule has 2 aromatic rings. The lowest BCUT2D eigenvalue weighted by atomic mass is 9.78. The molecule has 0 saturated carbocycles. The van der Waals surface area contributed by atoms with Crippen molar-refractivity contribution < 1.29 is 33.8 Å². The Kier molecular flexibility index (Phi) is 9.07. The first-order valence-corrected chi connectivity index (χ1v) is 15.7. The Morgan fingerprint density at radius 1 is 0.978 bits per heavy atom. The molecule has 0 radical (unpaired) electrons. The minimum absolute atomic E-state index is 0.0589. The Balaban J connectivity index is 1.42. The smallest absolute Gasteiger partial charge is 0.313 e. The van der Waals surface area contributed by atoms with Gasteiger partial charge in [0.25, 0.3) is 5.91 Å². The third-order valence-electron chi connectivity index (χ3n) is 8.99. The first-order valence-electron chi connectivity index (χ1n) is 15.4. The van der Waals surface area contributed by atoms with E-state index in [1.807, 2.05) is 30.3 Å². The van der Waals surface area contributed by atoms with Gasteiger partial charge in [-0.1, -0.05) is 78.4 Å². The highest BCUT2D eigenvalue weighted by molar-refractivity contribution is 6.34. The topological polar surface area (TPSA) is 125 Å². The van der Waals surface area contributed by atoms with Gasteiger partial charge in [0, 0.05) is 26.1 Å².